The second-order valence-corrected chi connectivity index (χ2v) is 6.90. The van der Waals surface area contributed by atoms with Gasteiger partial charge in [0.25, 0.3) is 5.91 Å². The van der Waals surface area contributed by atoms with Gasteiger partial charge in [0.05, 0.1) is 42.4 Å². The fraction of sp³-hybridized carbons (Fsp3) is 0.227. The number of ether oxygens (including phenoxy) is 2. The lowest BCUT2D eigenvalue weighted by atomic mass is 10.1. The predicted octanol–water partition coefficient (Wildman–Crippen LogP) is 3.02. The molecule has 31 heavy (non-hydrogen) atoms. The van der Waals surface area contributed by atoms with Gasteiger partial charge in [-0.05, 0) is 62.2 Å². The van der Waals surface area contributed by atoms with E-state index in [1.54, 1.807) is 11.6 Å². The third-order valence-corrected chi connectivity index (χ3v) is 4.94. The molecule has 0 atom stereocenters. The quantitative estimate of drug-likeness (QED) is 0.629. The number of esters is 2. The zero-order chi connectivity index (χ0) is 22.7. The van der Waals surface area contributed by atoms with E-state index in [0.29, 0.717) is 5.69 Å². The van der Waals surface area contributed by atoms with Crippen molar-refractivity contribution in [3.63, 3.8) is 0 Å². The van der Waals surface area contributed by atoms with Crippen LogP contribution >= 0.6 is 0 Å². The molecule has 1 aromatic heterocycles. The van der Waals surface area contributed by atoms with Gasteiger partial charge in [0.1, 0.15) is 0 Å². The highest BCUT2D eigenvalue weighted by Crippen LogP contribution is 2.22. The maximum absolute atomic E-state index is 12.9. The molecule has 0 bridgehead atoms. The van der Waals surface area contributed by atoms with Crippen LogP contribution < -0.4 is 5.32 Å². The summed E-state index contributed by atoms with van der Waals surface area (Å²) in [5.74, 6) is -1.86. The lowest BCUT2D eigenvalue weighted by molar-refractivity contribution is 0.0587. The molecule has 2 aromatic carbocycles. The molecule has 0 radical (unpaired) electrons. The summed E-state index contributed by atoms with van der Waals surface area (Å²) >= 11 is 0. The number of hydrogen-bond donors (Lipinski definition) is 1. The third-order valence-electron chi connectivity index (χ3n) is 4.94. The number of nitrogens with one attached hydrogen (secondary N) is 1. The van der Waals surface area contributed by atoms with Gasteiger partial charge in [0.15, 0.2) is 5.69 Å². The largest absolute Gasteiger partial charge is 0.465 e. The zero-order valence-electron chi connectivity index (χ0n) is 17.8. The average Bonchev–Trinajstić information content (AvgIpc) is 3.15. The zero-order valence-corrected chi connectivity index (χ0v) is 17.8. The Morgan fingerprint density at radius 1 is 0.903 bits per heavy atom. The smallest absolute Gasteiger partial charge is 0.339 e. The van der Waals surface area contributed by atoms with E-state index in [4.69, 9.17) is 9.47 Å². The molecule has 3 aromatic rings. The summed E-state index contributed by atoms with van der Waals surface area (Å²) < 4.78 is 11.0. The van der Waals surface area contributed by atoms with E-state index in [9.17, 15) is 14.4 Å². The van der Waals surface area contributed by atoms with E-state index < -0.39 is 17.8 Å². The van der Waals surface area contributed by atoms with Crippen molar-refractivity contribution < 1.29 is 23.9 Å². The van der Waals surface area contributed by atoms with Gasteiger partial charge in [-0.2, -0.15) is 0 Å². The summed E-state index contributed by atoms with van der Waals surface area (Å²) in [7, 11) is 2.46. The third kappa shape index (κ3) is 4.30. The first-order valence-electron chi connectivity index (χ1n) is 9.38. The maximum Gasteiger partial charge on any atom is 0.339 e. The summed E-state index contributed by atoms with van der Waals surface area (Å²) in [5, 5.41) is 10.7. The molecule has 1 amide bonds. The number of carbonyl (C=O) groups excluding carboxylic acids is 3. The number of rotatable bonds is 5. The Hall–Kier alpha value is -4.01. The van der Waals surface area contributed by atoms with Crippen LogP contribution in [0.4, 0.5) is 5.69 Å². The standard InChI is InChI=1S/C22H22N4O5/c1-12-6-8-16(10-13(12)2)26-14(3)19(24-25-26)20(27)23-18-11-15(21(28)30-4)7-9-17(18)22(29)31-5/h6-11H,1-5H3,(H,23,27). The van der Waals surface area contributed by atoms with Crippen molar-refractivity contribution in [2.24, 2.45) is 0 Å². The van der Waals surface area contributed by atoms with Crippen molar-refractivity contribution in [1.82, 2.24) is 15.0 Å². The molecule has 9 nitrogen and oxygen atoms in total. The van der Waals surface area contributed by atoms with Crippen LogP contribution in [0.15, 0.2) is 36.4 Å². The van der Waals surface area contributed by atoms with Crippen LogP contribution in [0, 0.1) is 20.8 Å². The molecule has 160 valence electrons. The Kier molecular flexibility index (Phi) is 6.15. The predicted molar refractivity (Wildman–Crippen MR) is 113 cm³/mol. The Morgan fingerprint density at radius 2 is 1.61 bits per heavy atom. The highest BCUT2D eigenvalue weighted by Gasteiger charge is 2.22. The summed E-state index contributed by atoms with van der Waals surface area (Å²) in [6.07, 6.45) is 0. The molecule has 1 heterocycles. The van der Waals surface area contributed by atoms with Crippen molar-refractivity contribution >= 4 is 23.5 Å². The van der Waals surface area contributed by atoms with Crippen molar-refractivity contribution in [2.75, 3.05) is 19.5 Å². The highest BCUT2D eigenvalue weighted by atomic mass is 16.5. The number of carbonyl (C=O) groups is 3. The number of methoxy groups -OCH3 is 2. The first kappa shape index (κ1) is 21.7. The molecule has 0 saturated heterocycles. The molecule has 0 aliphatic heterocycles. The molecule has 1 N–H and O–H groups in total. The number of nitrogens with zero attached hydrogens (tertiary/aromatic N) is 3. The molecule has 0 aliphatic carbocycles. The van der Waals surface area contributed by atoms with Crippen molar-refractivity contribution in [3.8, 4) is 5.69 Å². The number of aryl methyl sites for hydroxylation is 2. The summed E-state index contributed by atoms with van der Waals surface area (Å²) in [6.45, 7) is 5.71. The van der Waals surface area contributed by atoms with E-state index in [-0.39, 0.29) is 22.5 Å². The van der Waals surface area contributed by atoms with Crippen LogP contribution in [0.3, 0.4) is 0 Å². The minimum atomic E-state index is -0.665. The summed E-state index contributed by atoms with van der Waals surface area (Å²) in [4.78, 5) is 36.9. The molecular formula is C22H22N4O5. The maximum atomic E-state index is 12.9. The van der Waals surface area contributed by atoms with Crippen LogP contribution in [0.25, 0.3) is 5.69 Å². The first-order chi connectivity index (χ1) is 14.8. The number of benzene rings is 2. The van der Waals surface area contributed by atoms with Crippen LogP contribution in [0.1, 0.15) is 48.0 Å². The van der Waals surface area contributed by atoms with E-state index >= 15 is 0 Å². The van der Waals surface area contributed by atoms with Crippen LogP contribution in [0.2, 0.25) is 0 Å². The fourth-order valence-corrected chi connectivity index (χ4v) is 3.00. The van der Waals surface area contributed by atoms with Gasteiger partial charge in [-0.3, -0.25) is 4.79 Å². The van der Waals surface area contributed by atoms with Gasteiger partial charge in [-0.15, -0.1) is 5.10 Å². The Bertz CT molecular complexity index is 1180. The van der Waals surface area contributed by atoms with Gasteiger partial charge in [0, 0.05) is 0 Å². The highest BCUT2D eigenvalue weighted by molar-refractivity contribution is 6.08. The molecule has 0 unspecified atom stereocenters. The minimum Gasteiger partial charge on any atom is -0.465 e. The Balaban J connectivity index is 1.96. The number of hydrogen-bond acceptors (Lipinski definition) is 7. The second-order valence-electron chi connectivity index (χ2n) is 6.90. The molecule has 0 saturated carbocycles. The van der Waals surface area contributed by atoms with Gasteiger partial charge >= 0.3 is 11.9 Å². The van der Waals surface area contributed by atoms with Gasteiger partial charge < -0.3 is 14.8 Å². The summed E-state index contributed by atoms with van der Waals surface area (Å²) in [6, 6.07) is 9.95. The van der Waals surface area contributed by atoms with E-state index in [2.05, 4.69) is 15.6 Å². The van der Waals surface area contributed by atoms with Crippen LogP contribution in [0.5, 0.6) is 0 Å². The lowest BCUT2D eigenvalue weighted by Crippen LogP contribution is -2.18. The fourth-order valence-electron chi connectivity index (χ4n) is 3.00. The van der Waals surface area contributed by atoms with Crippen molar-refractivity contribution in [2.45, 2.75) is 20.8 Å². The number of aromatic nitrogens is 3. The molecular weight excluding hydrogens is 400 g/mol. The van der Waals surface area contributed by atoms with Gasteiger partial charge in [0.2, 0.25) is 0 Å². The van der Waals surface area contributed by atoms with Gasteiger partial charge in [-0.1, -0.05) is 11.3 Å². The van der Waals surface area contributed by atoms with E-state index in [1.807, 2.05) is 32.0 Å². The SMILES string of the molecule is COC(=O)c1ccc(C(=O)OC)c(NC(=O)c2nnn(-c3ccc(C)c(C)c3)c2C)c1. The number of anilines is 1. The van der Waals surface area contributed by atoms with Crippen LogP contribution in [-0.4, -0.2) is 47.1 Å². The Labute approximate surface area is 179 Å². The minimum absolute atomic E-state index is 0.0810. The molecule has 0 fully saturated rings. The number of amides is 1. The normalized spacial score (nSPS) is 10.5. The molecule has 3 rings (SSSR count). The lowest BCUT2D eigenvalue weighted by Gasteiger charge is -2.11. The monoisotopic (exact) mass is 422 g/mol. The van der Waals surface area contributed by atoms with Crippen LogP contribution in [-0.2, 0) is 9.47 Å². The van der Waals surface area contributed by atoms with Crippen molar-refractivity contribution in [1.29, 1.82) is 0 Å². The summed E-state index contributed by atoms with van der Waals surface area (Å²) in [5.41, 5.74) is 3.95. The first-order valence-corrected chi connectivity index (χ1v) is 9.38. The Morgan fingerprint density at radius 3 is 2.26 bits per heavy atom. The van der Waals surface area contributed by atoms with E-state index in [1.165, 1.54) is 32.4 Å². The van der Waals surface area contributed by atoms with E-state index in [0.717, 1.165) is 16.8 Å². The average molecular weight is 422 g/mol. The van der Waals surface area contributed by atoms with Gasteiger partial charge in [-0.25, -0.2) is 14.3 Å². The molecule has 9 heteroatoms. The van der Waals surface area contributed by atoms with Crippen molar-refractivity contribution in [3.05, 3.63) is 70.0 Å². The molecule has 0 spiro atoms. The molecule has 0 aliphatic rings. The topological polar surface area (TPSA) is 112 Å². The second kappa shape index (κ2) is 8.78.